The van der Waals surface area contributed by atoms with E-state index in [0.717, 1.165) is 5.56 Å². The van der Waals surface area contributed by atoms with Crippen molar-refractivity contribution in [2.45, 2.75) is 19.8 Å². The molecule has 2 aromatic carbocycles. The maximum absolute atomic E-state index is 13.3. The molecule has 0 unspecified atom stereocenters. The minimum atomic E-state index is -0.706. The number of thioether (sulfide) groups is 1. The molecular formula is C27H24N4O3S. The van der Waals surface area contributed by atoms with Gasteiger partial charge in [0.15, 0.2) is 0 Å². The van der Waals surface area contributed by atoms with Gasteiger partial charge in [-0.1, -0.05) is 42.1 Å². The smallest absolute Gasteiger partial charge is 0.254 e. The van der Waals surface area contributed by atoms with E-state index in [1.807, 2.05) is 49.4 Å². The molecule has 35 heavy (non-hydrogen) atoms. The van der Waals surface area contributed by atoms with E-state index in [9.17, 15) is 14.9 Å². The van der Waals surface area contributed by atoms with E-state index >= 15 is 0 Å². The van der Waals surface area contributed by atoms with Gasteiger partial charge in [-0.05, 0) is 55.8 Å². The maximum Gasteiger partial charge on any atom is 0.254 e. The monoisotopic (exact) mass is 484 g/mol. The quantitative estimate of drug-likeness (QED) is 0.420. The lowest BCUT2D eigenvalue weighted by molar-refractivity contribution is -0.114. The Morgan fingerprint density at radius 3 is 2.49 bits per heavy atom. The summed E-state index contributed by atoms with van der Waals surface area (Å²) < 4.78 is 5.63. The van der Waals surface area contributed by atoms with Gasteiger partial charge >= 0.3 is 0 Å². The van der Waals surface area contributed by atoms with Crippen molar-refractivity contribution in [2.24, 2.45) is 0 Å². The first kappa shape index (κ1) is 23.9. The van der Waals surface area contributed by atoms with Crippen LogP contribution in [-0.2, 0) is 9.59 Å². The zero-order chi connectivity index (χ0) is 24.8. The molecule has 176 valence electrons. The van der Waals surface area contributed by atoms with E-state index in [0.29, 0.717) is 39.0 Å². The second kappa shape index (κ2) is 10.8. The number of allylic oxidation sites excluding steroid dienone is 2. The standard InChI is InChI=1S/C27H24N4O3S/c1-17-8-6-11-20(14-17)30-23(32)16-35-27-21(15-28)25(22-12-7-13-34-22)24(18(2)29-27)26(33)31-19-9-4-3-5-10-19/h3-14,25,29H,16H2,1-2H3,(H,30,32)(H,31,33)/t25-/m0/s1. The number of rotatable bonds is 7. The minimum Gasteiger partial charge on any atom is -0.468 e. The fourth-order valence-corrected chi connectivity index (χ4v) is 4.74. The van der Waals surface area contributed by atoms with Crippen molar-refractivity contribution < 1.29 is 14.0 Å². The van der Waals surface area contributed by atoms with Crippen LogP contribution in [-0.4, -0.2) is 17.6 Å². The molecule has 7 nitrogen and oxygen atoms in total. The third-order valence-corrected chi connectivity index (χ3v) is 6.42. The van der Waals surface area contributed by atoms with Crippen molar-refractivity contribution >= 4 is 35.0 Å². The molecule has 2 amide bonds. The van der Waals surface area contributed by atoms with E-state index in [1.165, 1.54) is 18.0 Å². The topological polar surface area (TPSA) is 107 Å². The number of para-hydroxylation sites is 1. The molecule has 0 spiro atoms. The molecule has 0 saturated carbocycles. The summed E-state index contributed by atoms with van der Waals surface area (Å²) in [6, 6.07) is 22.3. The van der Waals surface area contributed by atoms with Crippen molar-refractivity contribution in [3.05, 3.63) is 106 Å². The number of furan rings is 1. The van der Waals surface area contributed by atoms with Gasteiger partial charge in [-0.15, -0.1) is 0 Å². The Bertz CT molecular complexity index is 1340. The average molecular weight is 485 g/mol. The summed E-state index contributed by atoms with van der Waals surface area (Å²) in [6.07, 6.45) is 1.51. The summed E-state index contributed by atoms with van der Waals surface area (Å²) in [5.41, 5.74) is 3.69. The lowest BCUT2D eigenvalue weighted by Gasteiger charge is -2.28. The first-order valence-electron chi connectivity index (χ1n) is 11.0. The van der Waals surface area contributed by atoms with Crippen molar-refractivity contribution in [1.82, 2.24) is 5.32 Å². The Labute approximate surface area is 207 Å². The first-order valence-corrected chi connectivity index (χ1v) is 12.0. The molecule has 8 heteroatoms. The van der Waals surface area contributed by atoms with Gasteiger partial charge in [0.25, 0.3) is 5.91 Å². The molecule has 1 atom stereocenters. The molecule has 3 aromatic rings. The largest absolute Gasteiger partial charge is 0.468 e. The lowest BCUT2D eigenvalue weighted by atomic mass is 9.85. The van der Waals surface area contributed by atoms with Crippen LogP contribution in [0.2, 0.25) is 0 Å². The summed E-state index contributed by atoms with van der Waals surface area (Å²) in [5.74, 6) is -0.677. The molecule has 4 rings (SSSR count). The average Bonchev–Trinajstić information content (AvgIpc) is 3.37. The molecule has 0 bridgehead atoms. The number of nitriles is 1. The number of nitrogens with zero attached hydrogens (tertiary/aromatic N) is 1. The highest BCUT2D eigenvalue weighted by Gasteiger charge is 2.36. The highest BCUT2D eigenvalue weighted by Crippen LogP contribution is 2.41. The molecule has 1 aliphatic rings. The van der Waals surface area contributed by atoms with Crippen LogP contribution in [0.4, 0.5) is 11.4 Å². The van der Waals surface area contributed by atoms with Crippen molar-refractivity contribution in [3.63, 3.8) is 0 Å². The van der Waals surface area contributed by atoms with Gasteiger partial charge in [0.1, 0.15) is 5.76 Å². The number of amides is 2. The number of carbonyl (C=O) groups excluding carboxylic acids is 2. The van der Waals surface area contributed by atoms with Crippen LogP contribution in [0.1, 0.15) is 24.2 Å². The minimum absolute atomic E-state index is 0.0884. The Kier molecular flexibility index (Phi) is 7.38. The molecule has 0 aliphatic carbocycles. The van der Waals surface area contributed by atoms with E-state index in [2.05, 4.69) is 22.0 Å². The van der Waals surface area contributed by atoms with Gasteiger partial charge in [0, 0.05) is 17.1 Å². The van der Waals surface area contributed by atoms with Crippen molar-refractivity contribution in [3.8, 4) is 6.07 Å². The van der Waals surface area contributed by atoms with Gasteiger partial charge in [-0.3, -0.25) is 9.59 Å². The van der Waals surface area contributed by atoms with Crippen LogP contribution in [0.5, 0.6) is 0 Å². The number of carbonyl (C=O) groups is 2. The van der Waals surface area contributed by atoms with Crippen LogP contribution in [0.25, 0.3) is 0 Å². The summed E-state index contributed by atoms with van der Waals surface area (Å²) in [6.45, 7) is 3.73. The second-order valence-electron chi connectivity index (χ2n) is 7.99. The van der Waals surface area contributed by atoms with Crippen LogP contribution in [0.15, 0.2) is 99.3 Å². The number of anilines is 2. The van der Waals surface area contributed by atoms with E-state index in [1.54, 1.807) is 31.2 Å². The molecular weight excluding hydrogens is 460 g/mol. The summed E-state index contributed by atoms with van der Waals surface area (Å²) in [4.78, 5) is 25.9. The van der Waals surface area contributed by atoms with Gasteiger partial charge in [-0.2, -0.15) is 5.26 Å². The van der Waals surface area contributed by atoms with E-state index < -0.39 is 5.92 Å². The SMILES string of the molecule is CC1=C(C(=O)Nc2ccccc2)[C@H](c2ccco2)C(C#N)=C(SCC(=O)Nc2cccc(C)c2)N1. The van der Waals surface area contributed by atoms with Gasteiger partial charge < -0.3 is 20.4 Å². The molecule has 2 heterocycles. The fraction of sp³-hybridized carbons (Fsp3) is 0.148. The number of aryl methyl sites for hydroxylation is 1. The zero-order valence-corrected chi connectivity index (χ0v) is 20.1. The summed E-state index contributed by atoms with van der Waals surface area (Å²) in [5, 5.41) is 19.5. The maximum atomic E-state index is 13.3. The number of hydrogen-bond donors (Lipinski definition) is 3. The van der Waals surface area contributed by atoms with Crippen LogP contribution < -0.4 is 16.0 Å². The normalized spacial score (nSPS) is 15.3. The predicted molar refractivity (Wildman–Crippen MR) is 137 cm³/mol. The molecule has 0 radical (unpaired) electrons. The third kappa shape index (κ3) is 5.65. The van der Waals surface area contributed by atoms with Gasteiger partial charge in [0.2, 0.25) is 5.91 Å². The number of dihydropyridines is 1. The molecule has 3 N–H and O–H groups in total. The Balaban J connectivity index is 1.58. The molecule has 0 fully saturated rings. The van der Waals surface area contributed by atoms with Gasteiger partial charge in [0.05, 0.1) is 40.2 Å². The van der Waals surface area contributed by atoms with Crippen LogP contribution in [0, 0.1) is 18.3 Å². The van der Waals surface area contributed by atoms with Gasteiger partial charge in [-0.25, -0.2) is 0 Å². The third-order valence-electron chi connectivity index (χ3n) is 5.40. The molecule has 0 saturated heterocycles. The molecule has 1 aromatic heterocycles. The zero-order valence-electron chi connectivity index (χ0n) is 19.3. The Hall–Kier alpha value is -4.22. The van der Waals surface area contributed by atoms with E-state index in [-0.39, 0.29) is 17.6 Å². The molecule has 1 aliphatic heterocycles. The Morgan fingerprint density at radius 2 is 1.80 bits per heavy atom. The Morgan fingerprint density at radius 1 is 1.03 bits per heavy atom. The fourth-order valence-electron chi connectivity index (χ4n) is 3.85. The summed E-state index contributed by atoms with van der Waals surface area (Å²) >= 11 is 1.21. The highest BCUT2D eigenvalue weighted by molar-refractivity contribution is 8.03. The number of benzene rings is 2. The lowest BCUT2D eigenvalue weighted by Crippen LogP contribution is -2.31. The first-order chi connectivity index (χ1) is 17.0. The van der Waals surface area contributed by atoms with Crippen molar-refractivity contribution in [1.29, 1.82) is 5.26 Å². The van der Waals surface area contributed by atoms with Crippen LogP contribution >= 0.6 is 11.8 Å². The summed E-state index contributed by atoms with van der Waals surface area (Å²) in [7, 11) is 0. The second-order valence-corrected chi connectivity index (χ2v) is 8.98. The van der Waals surface area contributed by atoms with Crippen LogP contribution in [0.3, 0.4) is 0 Å². The van der Waals surface area contributed by atoms with Crippen molar-refractivity contribution in [2.75, 3.05) is 16.4 Å². The highest BCUT2D eigenvalue weighted by atomic mass is 32.2. The predicted octanol–water partition coefficient (Wildman–Crippen LogP) is 5.29. The number of hydrogen-bond acceptors (Lipinski definition) is 6. The number of nitrogens with one attached hydrogen (secondary N) is 3. The van der Waals surface area contributed by atoms with E-state index in [4.69, 9.17) is 4.42 Å².